The Bertz CT molecular complexity index is 733. The van der Waals surface area contributed by atoms with Crippen molar-refractivity contribution in [1.82, 2.24) is 30.3 Å². The first kappa shape index (κ1) is 26.3. The smallest absolute Gasteiger partial charge is 0.191 e. The molecule has 178 valence electrons. The molecule has 1 aromatic heterocycles. The highest BCUT2D eigenvalue weighted by atomic mass is 127. The second-order valence-corrected chi connectivity index (χ2v) is 9.18. The van der Waals surface area contributed by atoms with E-state index in [1.54, 1.807) is 7.11 Å². The summed E-state index contributed by atoms with van der Waals surface area (Å²) in [6.07, 6.45) is 2.02. The maximum atomic E-state index is 5.78. The molecule has 1 aromatic rings. The average Bonchev–Trinajstić information content (AvgIpc) is 3.06. The number of hydrogen-bond donors (Lipinski definition) is 2. The SMILES string of the molecule is COC1(C)CC(NC(=NCc2nnc(C)n2C)NCCCN2CCOCC2)C1(C)C.I. The van der Waals surface area contributed by atoms with E-state index in [0.717, 1.165) is 69.8 Å². The van der Waals surface area contributed by atoms with Crippen LogP contribution in [-0.4, -0.2) is 83.8 Å². The summed E-state index contributed by atoms with van der Waals surface area (Å²) in [5, 5.41) is 15.5. The molecule has 1 saturated carbocycles. The van der Waals surface area contributed by atoms with Crippen LogP contribution in [0, 0.1) is 12.3 Å². The third kappa shape index (κ3) is 6.08. The Morgan fingerprint density at radius 1 is 1.26 bits per heavy atom. The molecule has 2 unspecified atom stereocenters. The summed E-state index contributed by atoms with van der Waals surface area (Å²) in [5.41, 5.74) is -0.105. The maximum Gasteiger partial charge on any atom is 0.191 e. The van der Waals surface area contributed by atoms with Crippen LogP contribution in [0.15, 0.2) is 4.99 Å². The van der Waals surface area contributed by atoms with Crippen molar-refractivity contribution in [1.29, 1.82) is 0 Å². The zero-order valence-corrected chi connectivity index (χ0v) is 22.2. The van der Waals surface area contributed by atoms with Crippen molar-refractivity contribution in [2.24, 2.45) is 17.5 Å². The van der Waals surface area contributed by atoms with Gasteiger partial charge in [-0.2, -0.15) is 0 Å². The minimum Gasteiger partial charge on any atom is -0.379 e. The van der Waals surface area contributed by atoms with E-state index in [2.05, 4.69) is 46.5 Å². The molecule has 9 nitrogen and oxygen atoms in total. The van der Waals surface area contributed by atoms with Gasteiger partial charge in [-0.05, 0) is 33.2 Å². The lowest BCUT2D eigenvalue weighted by Gasteiger charge is -2.59. The number of nitrogens with one attached hydrogen (secondary N) is 2. The number of aliphatic imine (C=N–C) groups is 1. The van der Waals surface area contributed by atoms with E-state index in [1.165, 1.54) is 0 Å². The van der Waals surface area contributed by atoms with Crippen LogP contribution in [0.4, 0.5) is 0 Å². The van der Waals surface area contributed by atoms with E-state index < -0.39 is 0 Å². The van der Waals surface area contributed by atoms with Crippen LogP contribution in [0.1, 0.15) is 45.3 Å². The lowest BCUT2D eigenvalue weighted by molar-refractivity contribution is -0.176. The van der Waals surface area contributed by atoms with Gasteiger partial charge in [0.1, 0.15) is 12.4 Å². The highest BCUT2D eigenvalue weighted by molar-refractivity contribution is 14.0. The summed E-state index contributed by atoms with van der Waals surface area (Å²) >= 11 is 0. The summed E-state index contributed by atoms with van der Waals surface area (Å²) in [6.45, 7) is 14.8. The van der Waals surface area contributed by atoms with Gasteiger partial charge in [0.15, 0.2) is 11.8 Å². The lowest BCUT2D eigenvalue weighted by Crippen LogP contribution is -2.69. The molecule has 2 fully saturated rings. The summed E-state index contributed by atoms with van der Waals surface area (Å²) in [4.78, 5) is 7.27. The molecule has 0 amide bonds. The van der Waals surface area contributed by atoms with E-state index in [1.807, 2.05) is 18.5 Å². The van der Waals surface area contributed by atoms with E-state index in [9.17, 15) is 0 Å². The van der Waals surface area contributed by atoms with Crippen LogP contribution in [0.3, 0.4) is 0 Å². The number of rotatable bonds is 8. The van der Waals surface area contributed by atoms with Crippen molar-refractivity contribution < 1.29 is 9.47 Å². The molecular formula is C21H40IN7O2. The Hall–Kier alpha value is -0.980. The van der Waals surface area contributed by atoms with Gasteiger partial charge in [0.25, 0.3) is 0 Å². The van der Waals surface area contributed by atoms with Crippen molar-refractivity contribution in [2.75, 3.05) is 46.5 Å². The molecule has 10 heteroatoms. The van der Waals surface area contributed by atoms with Gasteiger partial charge in [-0.25, -0.2) is 4.99 Å². The molecule has 0 spiro atoms. The highest BCUT2D eigenvalue weighted by Crippen LogP contribution is 2.51. The van der Waals surface area contributed by atoms with Gasteiger partial charge in [0.05, 0.1) is 18.8 Å². The van der Waals surface area contributed by atoms with Crippen LogP contribution in [0.25, 0.3) is 0 Å². The Kier molecular flexibility index (Phi) is 9.53. The van der Waals surface area contributed by atoms with Crippen LogP contribution in [0.2, 0.25) is 0 Å². The second kappa shape index (κ2) is 11.2. The van der Waals surface area contributed by atoms with E-state index >= 15 is 0 Å². The van der Waals surface area contributed by atoms with E-state index in [-0.39, 0.29) is 35.0 Å². The van der Waals surface area contributed by atoms with Gasteiger partial charge in [0, 0.05) is 45.2 Å². The summed E-state index contributed by atoms with van der Waals surface area (Å²) in [7, 11) is 3.77. The van der Waals surface area contributed by atoms with E-state index in [0.29, 0.717) is 12.6 Å². The summed E-state index contributed by atoms with van der Waals surface area (Å²) < 4.78 is 13.2. The number of aryl methyl sites for hydroxylation is 1. The largest absolute Gasteiger partial charge is 0.379 e. The average molecular weight is 550 g/mol. The highest BCUT2D eigenvalue weighted by Gasteiger charge is 2.58. The maximum absolute atomic E-state index is 5.78. The first-order chi connectivity index (χ1) is 14.3. The molecule has 0 bridgehead atoms. The Balaban J connectivity index is 0.00000341. The summed E-state index contributed by atoms with van der Waals surface area (Å²) in [6, 6.07) is 0.300. The van der Waals surface area contributed by atoms with Crippen molar-refractivity contribution in [3.8, 4) is 0 Å². The van der Waals surface area contributed by atoms with Crippen molar-refractivity contribution in [3.05, 3.63) is 11.6 Å². The number of nitrogens with zero attached hydrogens (tertiary/aromatic N) is 5. The molecule has 0 radical (unpaired) electrons. The molecule has 3 rings (SSSR count). The van der Waals surface area contributed by atoms with Crippen LogP contribution >= 0.6 is 24.0 Å². The van der Waals surface area contributed by atoms with Crippen molar-refractivity contribution in [2.45, 2.75) is 58.7 Å². The molecule has 1 aliphatic heterocycles. The van der Waals surface area contributed by atoms with Gasteiger partial charge in [-0.15, -0.1) is 34.2 Å². The second-order valence-electron chi connectivity index (χ2n) is 9.18. The van der Waals surface area contributed by atoms with Crippen LogP contribution < -0.4 is 10.6 Å². The minimum absolute atomic E-state index is 0. The molecule has 2 N–H and O–H groups in total. The lowest BCUT2D eigenvalue weighted by atomic mass is 9.56. The number of morpholine rings is 1. The van der Waals surface area contributed by atoms with Gasteiger partial charge in [-0.1, -0.05) is 13.8 Å². The number of halogens is 1. The third-order valence-electron chi connectivity index (χ3n) is 7.20. The quantitative estimate of drug-likeness (QED) is 0.221. The molecule has 1 saturated heterocycles. The number of methoxy groups -OCH3 is 1. The topological polar surface area (TPSA) is 88.8 Å². The monoisotopic (exact) mass is 549 g/mol. The standard InChI is InChI=1S/C21H39N7O2.HI/c1-16-25-26-18(27(16)5)15-23-19(22-8-7-9-28-10-12-30-13-11-28)24-17-14-21(4,29-6)20(17,2)3;/h17H,7-15H2,1-6H3,(H2,22,23,24);1H. The van der Waals surface area contributed by atoms with E-state index in [4.69, 9.17) is 14.5 Å². The predicted octanol–water partition coefficient (Wildman–Crippen LogP) is 1.70. The van der Waals surface area contributed by atoms with Crippen molar-refractivity contribution >= 4 is 29.9 Å². The number of guanidine groups is 1. The molecule has 0 aromatic carbocycles. The zero-order chi connectivity index (χ0) is 21.8. The van der Waals surface area contributed by atoms with Gasteiger partial charge in [-0.3, -0.25) is 4.90 Å². The Morgan fingerprint density at radius 2 is 1.97 bits per heavy atom. The fourth-order valence-electron chi connectivity index (χ4n) is 4.11. The van der Waals surface area contributed by atoms with Crippen LogP contribution in [-0.2, 0) is 23.1 Å². The Labute approximate surface area is 203 Å². The van der Waals surface area contributed by atoms with Gasteiger partial charge >= 0.3 is 0 Å². The molecule has 31 heavy (non-hydrogen) atoms. The third-order valence-corrected chi connectivity index (χ3v) is 7.20. The van der Waals surface area contributed by atoms with Gasteiger partial charge in [0.2, 0.25) is 0 Å². The predicted molar refractivity (Wildman–Crippen MR) is 133 cm³/mol. The van der Waals surface area contributed by atoms with Gasteiger partial charge < -0.3 is 24.7 Å². The molecular weight excluding hydrogens is 509 g/mol. The summed E-state index contributed by atoms with van der Waals surface area (Å²) in [5.74, 6) is 2.58. The first-order valence-corrected chi connectivity index (χ1v) is 11.0. The van der Waals surface area contributed by atoms with Crippen molar-refractivity contribution in [3.63, 3.8) is 0 Å². The molecule has 2 aliphatic rings. The Morgan fingerprint density at radius 3 is 2.55 bits per heavy atom. The zero-order valence-electron chi connectivity index (χ0n) is 19.9. The molecule has 2 atom stereocenters. The minimum atomic E-state index is -0.118. The number of hydrogen-bond acceptors (Lipinski definition) is 6. The first-order valence-electron chi connectivity index (χ1n) is 11.0. The molecule has 1 aliphatic carbocycles. The number of ether oxygens (including phenoxy) is 2. The molecule has 2 heterocycles. The fourth-order valence-corrected chi connectivity index (χ4v) is 4.11. The number of aromatic nitrogens is 3. The normalized spacial score (nSPS) is 26.1. The fraction of sp³-hybridized carbons (Fsp3) is 0.857. The van der Waals surface area contributed by atoms with Crippen LogP contribution in [0.5, 0.6) is 0 Å².